The average molecular weight is 346 g/mol. The van der Waals surface area contributed by atoms with Gasteiger partial charge in [0.2, 0.25) is 0 Å². The lowest BCUT2D eigenvalue weighted by atomic mass is 10.1. The fourth-order valence-electron chi connectivity index (χ4n) is 2.31. The van der Waals surface area contributed by atoms with Crippen molar-refractivity contribution in [2.75, 3.05) is 18.4 Å². The van der Waals surface area contributed by atoms with Crippen molar-refractivity contribution in [1.82, 2.24) is 9.88 Å². The highest BCUT2D eigenvalue weighted by molar-refractivity contribution is 6.31. The second-order valence-corrected chi connectivity index (χ2v) is 5.71. The molecule has 2 amide bonds. The van der Waals surface area contributed by atoms with Crippen LogP contribution in [0.25, 0.3) is 0 Å². The summed E-state index contributed by atoms with van der Waals surface area (Å²) >= 11 is 6.06. The topological polar surface area (TPSA) is 62.3 Å². The fraction of sp³-hybridized carbons (Fsp3) is 0.278. The van der Waals surface area contributed by atoms with Crippen LogP contribution >= 0.6 is 11.6 Å². The number of hydrogen-bond acceptors (Lipinski definition) is 3. The van der Waals surface area contributed by atoms with E-state index < -0.39 is 0 Å². The van der Waals surface area contributed by atoms with Gasteiger partial charge in [0, 0.05) is 36.2 Å². The van der Waals surface area contributed by atoms with Gasteiger partial charge in [-0.25, -0.2) is 0 Å². The number of nitrogens with zero attached hydrogens (tertiary/aromatic N) is 2. The first-order chi connectivity index (χ1) is 11.5. The smallest absolute Gasteiger partial charge is 0.257 e. The molecule has 2 rings (SSSR count). The number of nitrogens with one attached hydrogen (secondary N) is 1. The van der Waals surface area contributed by atoms with Crippen molar-refractivity contribution >= 4 is 29.1 Å². The van der Waals surface area contributed by atoms with Crippen molar-refractivity contribution in [3.8, 4) is 0 Å². The van der Waals surface area contributed by atoms with E-state index in [0.717, 1.165) is 5.56 Å². The first-order valence-corrected chi connectivity index (χ1v) is 8.16. The predicted molar refractivity (Wildman–Crippen MR) is 95.6 cm³/mol. The highest BCUT2D eigenvalue weighted by Gasteiger charge is 2.16. The van der Waals surface area contributed by atoms with E-state index in [-0.39, 0.29) is 11.8 Å². The number of hydrogen-bond donors (Lipinski definition) is 1. The van der Waals surface area contributed by atoms with Gasteiger partial charge in [0.05, 0.1) is 11.1 Å². The third-order valence-electron chi connectivity index (χ3n) is 3.81. The molecule has 0 aliphatic heterocycles. The molecule has 24 heavy (non-hydrogen) atoms. The van der Waals surface area contributed by atoms with Crippen molar-refractivity contribution in [2.24, 2.45) is 0 Å². The van der Waals surface area contributed by atoms with Crippen LogP contribution in [0.15, 0.2) is 36.7 Å². The monoisotopic (exact) mass is 345 g/mol. The molecular formula is C18H20ClN3O2. The number of pyridine rings is 1. The predicted octanol–water partition coefficient (Wildman–Crippen LogP) is 3.78. The van der Waals surface area contributed by atoms with E-state index in [0.29, 0.717) is 34.9 Å². The molecule has 0 aliphatic rings. The van der Waals surface area contributed by atoms with Crippen molar-refractivity contribution in [1.29, 1.82) is 0 Å². The summed E-state index contributed by atoms with van der Waals surface area (Å²) in [5.74, 6) is -0.469. The first kappa shape index (κ1) is 17.9. The maximum atomic E-state index is 12.4. The van der Waals surface area contributed by atoms with Crippen LogP contribution in [0, 0.1) is 6.92 Å². The summed E-state index contributed by atoms with van der Waals surface area (Å²) in [5.41, 5.74) is 2.14. The van der Waals surface area contributed by atoms with E-state index in [2.05, 4.69) is 10.3 Å². The molecule has 2 aromatic rings. The van der Waals surface area contributed by atoms with Gasteiger partial charge < -0.3 is 10.2 Å². The molecule has 0 bridgehead atoms. The summed E-state index contributed by atoms with van der Waals surface area (Å²) in [5, 5.41) is 3.38. The second kappa shape index (κ2) is 7.93. The zero-order chi connectivity index (χ0) is 17.7. The van der Waals surface area contributed by atoms with Gasteiger partial charge in [0.15, 0.2) is 0 Å². The van der Waals surface area contributed by atoms with Crippen LogP contribution in [-0.2, 0) is 0 Å². The number of aromatic nitrogens is 1. The summed E-state index contributed by atoms with van der Waals surface area (Å²) in [6.45, 7) is 6.86. The summed E-state index contributed by atoms with van der Waals surface area (Å²) in [6.07, 6.45) is 2.91. The highest BCUT2D eigenvalue weighted by Crippen LogP contribution is 2.23. The normalized spacial score (nSPS) is 10.3. The van der Waals surface area contributed by atoms with Gasteiger partial charge in [-0.2, -0.15) is 0 Å². The zero-order valence-electron chi connectivity index (χ0n) is 14.0. The standard InChI is InChI=1S/C18H20ClN3O2/c1-4-22(5-2)18(24)14-9-13(10-20-11-14)17(23)21-16-8-6-7-15(19)12(16)3/h6-11H,4-5H2,1-3H3,(H,21,23). The van der Waals surface area contributed by atoms with E-state index in [1.807, 2.05) is 20.8 Å². The van der Waals surface area contributed by atoms with Crippen LogP contribution in [0.1, 0.15) is 40.1 Å². The van der Waals surface area contributed by atoms with Crippen LogP contribution in [0.2, 0.25) is 5.02 Å². The number of anilines is 1. The van der Waals surface area contributed by atoms with Gasteiger partial charge in [0.1, 0.15) is 0 Å². The van der Waals surface area contributed by atoms with Gasteiger partial charge in [-0.15, -0.1) is 0 Å². The molecule has 1 heterocycles. The summed E-state index contributed by atoms with van der Waals surface area (Å²) in [4.78, 5) is 30.5. The van der Waals surface area contributed by atoms with Crippen LogP contribution < -0.4 is 5.32 Å². The SMILES string of the molecule is CCN(CC)C(=O)c1cncc(C(=O)Nc2cccc(Cl)c2C)c1. The Morgan fingerprint density at radius 3 is 2.50 bits per heavy atom. The Kier molecular flexibility index (Phi) is 5.93. The Bertz CT molecular complexity index is 758. The fourth-order valence-corrected chi connectivity index (χ4v) is 2.49. The molecule has 0 saturated heterocycles. The minimum absolute atomic E-state index is 0.138. The molecule has 5 nitrogen and oxygen atoms in total. The lowest BCUT2D eigenvalue weighted by molar-refractivity contribution is 0.0772. The number of carbonyl (C=O) groups is 2. The van der Waals surface area contributed by atoms with Crippen molar-refractivity contribution in [3.05, 3.63) is 58.4 Å². The van der Waals surface area contributed by atoms with Gasteiger partial charge in [0.25, 0.3) is 11.8 Å². The molecular weight excluding hydrogens is 326 g/mol. The Morgan fingerprint density at radius 2 is 1.83 bits per heavy atom. The number of rotatable bonds is 5. The lowest BCUT2D eigenvalue weighted by Crippen LogP contribution is -2.30. The maximum absolute atomic E-state index is 12.4. The summed E-state index contributed by atoms with van der Waals surface area (Å²) in [7, 11) is 0. The summed E-state index contributed by atoms with van der Waals surface area (Å²) < 4.78 is 0. The molecule has 0 unspecified atom stereocenters. The molecule has 1 N–H and O–H groups in total. The minimum atomic E-state index is -0.331. The number of halogens is 1. The lowest BCUT2D eigenvalue weighted by Gasteiger charge is -2.18. The first-order valence-electron chi connectivity index (χ1n) is 7.78. The van der Waals surface area contributed by atoms with Crippen LogP contribution in [-0.4, -0.2) is 34.8 Å². The van der Waals surface area contributed by atoms with Crippen molar-refractivity contribution in [2.45, 2.75) is 20.8 Å². The van der Waals surface area contributed by atoms with E-state index >= 15 is 0 Å². The molecule has 1 aromatic carbocycles. The molecule has 0 saturated carbocycles. The average Bonchev–Trinajstić information content (AvgIpc) is 2.60. The van der Waals surface area contributed by atoms with E-state index in [1.165, 1.54) is 12.4 Å². The molecule has 0 fully saturated rings. The molecule has 0 atom stereocenters. The van der Waals surface area contributed by atoms with Gasteiger partial charge in [-0.1, -0.05) is 17.7 Å². The van der Waals surface area contributed by atoms with Gasteiger partial charge in [-0.05, 0) is 44.5 Å². The largest absolute Gasteiger partial charge is 0.339 e. The van der Waals surface area contributed by atoms with Crippen LogP contribution in [0.3, 0.4) is 0 Å². The van der Waals surface area contributed by atoms with Gasteiger partial charge in [-0.3, -0.25) is 14.6 Å². The Morgan fingerprint density at radius 1 is 1.17 bits per heavy atom. The minimum Gasteiger partial charge on any atom is -0.339 e. The third-order valence-corrected chi connectivity index (χ3v) is 4.22. The van der Waals surface area contributed by atoms with Crippen molar-refractivity contribution in [3.63, 3.8) is 0 Å². The second-order valence-electron chi connectivity index (χ2n) is 5.31. The van der Waals surface area contributed by atoms with Gasteiger partial charge >= 0.3 is 0 Å². The quantitative estimate of drug-likeness (QED) is 0.897. The Balaban J connectivity index is 2.23. The highest BCUT2D eigenvalue weighted by atomic mass is 35.5. The number of benzene rings is 1. The van der Waals surface area contributed by atoms with Crippen LogP contribution in [0.4, 0.5) is 5.69 Å². The Hall–Kier alpha value is -2.40. The van der Waals surface area contributed by atoms with E-state index in [1.54, 1.807) is 29.2 Å². The summed E-state index contributed by atoms with van der Waals surface area (Å²) in [6, 6.07) is 6.86. The number of carbonyl (C=O) groups excluding carboxylic acids is 2. The van der Waals surface area contributed by atoms with E-state index in [9.17, 15) is 9.59 Å². The van der Waals surface area contributed by atoms with Crippen molar-refractivity contribution < 1.29 is 9.59 Å². The molecule has 6 heteroatoms. The molecule has 1 aromatic heterocycles. The molecule has 0 aliphatic carbocycles. The molecule has 126 valence electrons. The number of amides is 2. The maximum Gasteiger partial charge on any atom is 0.257 e. The Labute approximate surface area is 146 Å². The zero-order valence-corrected chi connectivity index (χ0v) is 14.7. The molecule has 0 spiro atoms. The molecule has 0 radical (unpaired) electrons. The van der Waals surface area contributed by atoms with E-state index in [4.69, 9.17) is 11.6 Å². The van der Waals surface area contributed by atoms with Crippen LogP contribution in [0.5, 0.6) is 0 Å². The third kappa shape index (κ3) is 3.92.